The summed E-state index contributed by atoms with van der Waals surface area (Å²) in [7, 11) is 1.28. The molecule has 1 aliphatic rings. The Labute approximate surface area is 189 Å². The average molecular weight is 539 g/mol. The molecule has 0 aliphatic carbocycles. The van der Waals surface area contributed by atoms with Gasteiger partial charge in [-0.25, -0.2) is 14.6 Å². The Morgan fingerprint density at radius 3 is 2.63 bits per heavy atom. The molecule has 1 heterocycles. The van der Waals surface area contributed by atoms with Gasteiger partial charge in [-0.15, -0.1) is 0 Å². The summed E-state index contributed by atoms with van der Waals surface area (Å²) in [6, 6.07) is 10.7. The lowest BCUT2D eigenvalue weighted by Crippen LogP contribution is -2.13. The van der Waals surface area contributed by atoms with Crippen LogP contribution < -0.4 is 9.47 Å². The molecule has 0 N–H and O–H groups in total. The predicted octanol–water partition coefficient (Wildman–Crippen LogP) is 4.51. The maximum atomic E-state index is 12.3. The minimum atomic E-state index is -0.555. The molecule has 1 aliphatic heterocycles. The molecule has 2 aromatic rings. The SMILES string of the molecule is CCOc1cc(/C=C2\N=C(c3ccccc3Br)OC2=O)cc(Br)c1OCC(=O)OC. The number of halogens is 2. The van der Waals surface area contributed by atoms with E-state index in [0.717, 1.165) is 4.47 Å². The molecule has 0 unspecified atom stereocenters. The van der Waals surface area contributed by atoms with Crippen molar-refractivity contribution in [3.8, 4) is 11.5 Å². The molecular formula is C21H17Br2NO6. The zero-order valence-corrected chi connectivity index (χ0v) is 19.3. The fourth-order valence-electron chi connectivity index (χ4n) is 2.58. The normalized spacial score (nSPS) is 14.3. The van der Waals surface area contributed by atoms with E-state index >= 15 is 0 Å². The molecule has 9 heteroatoms. The molecule has 3 rings (SSSR count). The molecule has 7 nitrogen and oxygen atoms in total. The minimum absolute atomic E-state index is 0.151. The van der Waals surface area contributed by atoms with E-state index in [2.05, 4.69) is 41.6 Å². The van der Waals surface area contributed by atoms with Crippen LogP contribution in [-0.4, -0.2) is 38.2 Å². The van der Waals surface area contributed by atoms with Crippen molar-refractivity contribution in [2.24, 2.45) is 4.99 Å². The van der Waals surface area contributed by atoms with Gasteiger partial charge in [0.25, 0.3) is 0 Å². The highest BCUT2D eigenvalue weighted by molar-refractivity contribution is 9.10. The van der Waals surface area contributed by atoms with Crippen molar-refractivity contribution in [2.75, 3.05) is 20.3 Å². The first-order valence-electron chi connectivity index (χ1n) is 8.86. The van der Waals surface area contributed by atoms with Gasteiger partial charge >= 0.3 is 11.9 Å². The van der Waals surface area contributed by atoms with Crippen LogP contribution in [0.2, 0.25) is 0 Å². The first-order valence-corrected chi connectivity index (χ1v) is 10.4. The molecule has 0 radical (unpaired) electrons. The predicted molar refractivity (Wildman–Crippen MR) is 118 cm³/mol. The van der Waals surface area contributed by atoms with E-state index in [1.54, 1.807) is 24.3 Å². The van der Waals surface area contributed by atoms with Crippen molar-refractivity contribution in [2.45, 2.75) is 6.92 Å². The third-order valence-electron chi connectivity index (χ3n) is 3.92. The van der Waals surface area contributed by atoms with E-state index in [9.17, 15) is 9.59 Å². The highest BCUT2D eigenvalue weighted by Gasteiger charge is 2.25. The maximum Gasteiger partial charge on any atom is 0.363 e. The molecule has 0 saturated heterocycles. The Bertz CT molecular complexity index is 1050. The molecule has 0 saturated carbocycles. The van der Waals surface area contributed by atoms with Gasteiger partial charge in [0.05, 0.1) is 23.8 Å². The van der Waals surface area contributed by atoms with Gasteiger partial charge in [-0.3, -0.25) is 0 Å². The van der Waals surface area contributed by atoms with E-state index in [4.69, 9.17) is 14.2 Å². The van der Waals surface area contributed by atoms with Crippen molar-refractivity contribution >= 4 is 55.8 Å². The molecular weight excluding hydrogens is 522 g/mol. The topological polar surface area (TPSA) is 83.4 Å². The van der Waals surface area contributed by atoms with Gasteiger partial charge < -0.3 is 18.9 Å². The Morgan fingerprint density at radius 2 is 1.93 bits per heavy atom. The molecule has 0 aromatic heterocycles. The summed E-state index contributed by atoms with van der Waals surface area (Å²) >= 11 is 6.84. The molecule has 0 bridgehead atoms. The van der Waals surface area contributed by atoms with Crippen molar-refractivity contribution < 1.29 is 28.5 Å². The Morgan fingerprint density at radius 1 is 1.17 bits per heavy atom. The summed E-state index contributed by atoms with van der Waals surface area (Å²) < 4.78 is 22.4. The summed E-state index contributed by atoms with van der Waals surface area (Å²) in [5, 5.41) is 0. The number of hydrogen-bond acceptors (Lipinski definition) is 7. The number of aliphatic imine (C=N–C) groups is 1. The number of nitrogens with zero attached hydrogens (tertiary/aromatic N) is 1. The summed E-state index contributed by atoms with van der Waals surface area (Å²) in [5.41, 5.74) is 1.47. The molecule has 30 heavy (non-hydrogen) atoms. The number of carbonyl (C=O) groups excluding carboxylic acids is 2. The summed E-state index contributed by atoms with van der Waals surface area (Å²) in [4.78, 5) is 28.0. The number of hydrogen-bond donors (Lipinski definition) is 0. The van der Waals surface area contributed by atoms with Gasteiger partial charge in [0.15, 0.2) is 23.8 Å². The quantitative estimate of drug-likeness (QED) is 0.381. The fourth-order valence-corrected chi connectivity index (χ4v) is 3.61. The summed E-state index contributed by atoms with van der Waals surface area (Å²) in [6.07, 6.45) is 1.59. The lowest BCUT2D eigenvalue weighted by Gasteiger charge is -2.14. The van der Waals surface area contributed by atoms with Crippen LogP contribution in [0.3, 0.4) is 0 Å². The van der Waals surface area contributed by atoms with Gasteiger partial charge in [-0.2, -0.15) is 0 Å². The third kappa shape index (κ3) is 5.09. The highest BCUT2D eigenvalue weighted by atomic mass is 79.9. The fraction of sp³-hybridized carbons (Fsp3) is 0.190. The second kappa shape index (κ2) is 9.90. The van der Waals surface area contributed by atoms with Gasteiger partial charge in [0, 0.05) is 4.47 Å². The number of esters is 2. The Kier molecular flexibility index (Phi) is 7.28. The van der Waals surface area contributed by atoms with Crippen LogP contribution in [0, 0.1) is 0 Å². The van der Waals surface area contributed by atoms with E-state index < -0.39 is 11.9 Å². The van der Waals surface area contributed by atoms with Crippen LogP contribution in [0.5, 0.6) is 11.5 Å². The first kappa shape index (κ1) is 22.0. The highest BCUT2D eigenvalue weighted by Crippen LogP contribution is 2.38. The number of carbonyl (C=O) groups is 2. The maximum absolute atomic E-state index is 12.3. The van der Waals surface area contributed by atoms with Crippen LogP contribution in [0.1, 0.15) is 18.1 Å². The van der Waals surface area contributed by atoms with Crippen molar-refractivity contribution in [3.05, 3.63) is 62.2 Å². The summed E-state index contributed by atoms with van der Waals surface area (Å²) in [5.74, 6) is -0.0836. The second-order valence-corrected chi connectivity index (χ2v) is 7.65. The van der Waals surface area contributed by atoms with E-state index in [0.29, 0.717) is 33.7 Å². The molecule has 0 atom stereocenters. The molecule has 0 amide bonds. The van der Waals surface area contributed by atoms with Crippen molar-refractivity contribution in [1.29, 1.82) is 0 Å². The number of rotatable bonds is 7. The monoisotopic (exact) mass is 537 g/mol. The van der Waals surface area contributed by atoms with E-state index in [-0.39, 0.29) is 18.2 Å². The van der Waals surface area contributed by atoms with Crippen LogP contribution in [0.4, 0.5) is 0 Å². The Balaban J connectivity index is 1.93. The lowest BCUT2D eigenvalue weighted by atomic mass is 10.1. The Hall–Kier alpha value is -2.65. The van der Waals surface area contributed by atoms with E-state index in [1.165, 1.54) is 7.11 Å². The van der Waals surface area contributed by atoms with Gasteiger partial charge in [0.2, 0.25) is 5.90 Å². The number of cyclic esters (lactones) is 1. The summed E-state index contributed by atoms with van der Waals surface area (Å²) in [6.45, 7) is 1.95. The van der Waals surface area contributed by atoms with Crippen molar-refractivity contribution in [1.82, 2.24) is 0 Å². The van der Waals surface area contributed by atoms with Crippen LogP contribution >= 0.6 is 31.9 Å². The van der Waals surface area contributed by atoms with Crippen LogP contribution in [0.25, 0.3) is 6.08 Å². The molecule has 2 aromatic carbocycles. The van der Waals surface area contributed by atoms with Gasteiger partial charge in [-0.1, -0.05) is 12.1 Å². The smallest absolute Gasteiger partial charge is 0.363 e. The minimum Gasteiger partial charge on any atom is -0.490 e. The zero-order valence-electron chi connectivity index (χ0n) is 16.1. The molecule has 0 spiro atoms. The number of ether oxygens (including phenoxy) is 4. The molecule has 0 fully saturated rings. The molecule has 156 valence electrons. The zero-order chi connectivity index (χ0) is 21.7. The van der Waals surface area contributed by atoms with Crippen molar-refractivity contribution in [3.63, 3.8) is 0 Å². The van der Waals surface area contributed by atoms with Crippen LogP contribution in [-0.2, 0) is 19.1 Å². The van der Waals surface area contributed by atoms with Gasteiger partial charge in [0.1, 0.15) is 0 Å². The largest absolute Gasteiger partial charge is 0.490 e. The lowest BCUT2D eigenvalue weighted by molar-refractivity contribution is -0.143. The average Bonchev–Trinajstić information content (AvgIpc) is 3.07. The first-order chi connectivity index (χ1) is 14.4. The number of benzene rings is 2. The standard InChI is InChI=1S/C21H17Br2NO6/c1-3-28-17-10-12(8-15(23)19(17)29-11-18(25)27-2)9-16-21(26)30-20(24-16)13-6-4-5-7-14(13)22/h4-10H,3,11H2,1-2H3/b16-9-. The van der Waals surface area contributed by atoms with Crippen LogP contribution in [0.15, 0.2) is 56.0 Å². The second-order valence-electron chi connectivity index (χ2n) is 5.94. The number of methoxy groups -OCH3 is 1. The third-order valence-corrected chi connectivity index (χ3v) is 5.20. The van der Waals surface area contributed by atoms with E-state index in [1.807, 2.05) is 25.1 Å². The van der Waals surface area contributed by atoms with Gasteiger partial charge in [-0.05, 0) is 74.7 Å².